The van der Waals surface area contributed by atoms with Crippen molar-refractivity contribution in [1.29, 1.82) is 0 Å². The van der Waals surface area contributed by atoms with Crippen LogP contribution in [0, 0.1) is 0 Å². The molecule has 11 heterocycles. The van der Waals surface area contributed by atoms with Gasteiger partial charge in [0.2, 0.25) is 0 Å². The molecule has 138 heavy (non-hydrogen) atoms. The molecule has 24 aromatic rings. The monoisotopic (exact) mass is 1770 g/mol. The molecule has 0 bridgehead atoms. The van der Waals surface area contributed by atoms with Gasteiger partial charge in [0.25, 0.3) is 0 Å². The summed E-state index contributed by atoms with van der Waals surface area (Å²) in [5.41, 5.74) is 35.4. The second-order valence-electron chi connectivity index (χ2n) is 33.8. The highest BCUT2D eigenvalue weighted by Crippen LogP contribution is 2.57. The molecule has 0 aliphatic heterocycles. The van der Waals surface area contributed by atoms with Gasteiger partial charge in [-0.15, -0.1) is 0 Å². The van der Waals surface area contributed by atoms with Crippen LogP contribution in [0.4, 0.5) is 0 Å². The fourth-order valence-corrected chi connectivity index (χ4v) is 18.8. The van der Waals surface area contributed by atoms with Crippen LogP contribution in [0.2, 0.25) is 0 Å². The Morgan fingerprint density at radius 2 is 0.507 bits per heavy atom. The largest absolute Gasteiger partial charge is 0.309 e. The summed E-state index contributed by atoms with van der Waals surface area (Å²) in [5, 5.41) is 4.76. The molecule has 0 spiro atoms. The number of rotatable bonds is 17. The summed E-state index contributed by atoms with van der Waals surface area (Å²) in [6.07, 6.45) is 25.6. The van der Waals surface area contributed by atoms with Gasteiger partial charge in [-0.05, 0) is 227 Å². The Labute approximate surface area is 797 Å². The number of nitrogens with zero attached hydrogens (tertiary/aromatic N) is 14. The Morgan fingerprint density at radius 1 is 0.174 bits per heavy atom. The Bertz CT molecular complexity index is 8380. The van der Waals surface area contributed by atoms with Crippen LogP contribution in [0.3, 0.4) is 0 Å². The SMILES string of the molecule is c1ccc(-c2cc(-c3ccc(-c4nc(-c5ccc(-c6cccnc6)cc5)cc(-c5cccnc5)n4)cc3)c3ccccc3c2)cc1.c1ccc(C2(c3ccccc3)c3ccccc3-c3cc(-c4nc(-c5ccc(-c6cccnc6)cc5)cc(-c5cccnc5)n4)ccc32)cc1.c1cncc(-c2ccc(-c3cc(-c4cccnc4)nc(-c4ccc(-n5c6ccccc6c6cnccc65)cc4)n3)cc2)c1. The molecule has 0 fully saturated rings. The van der Waals surface area contributed by atoms with Crippen molar-refractivity contribution in [2.75, 3.05) is 0 Å². The number of hydrogen-bond acceptors (Lipinski definition) is 13. The zero-order valence-electron chi connectivity index (χ0n) is 74.6. The zero-order chi connectivity index (χ0) is 91.9. The molecule has 1 aliphatic rings. The molecule has 1 aliphatic carbocycles. The third-order valence-electron chi connectivity index (χ3n) is 25.6. The molecule has 13 aromatic carbocycles. The Balaban J connectivity index is 0.000000116. The number of benzene rings is 13. The van der Waals surface area contributed by atoms with Gasteiger partial charge < -0.3 is 4.57 Å². The van der Waals surface area contributed by atoms with E-state index in [9.17, 15) is 0 Å². The first kappa shape index (κ1) is 83.5. The lowest BCUT2D eigenvalue weighted by atomic mass is 9.67. The zero-order valence-corrected chi connectivity index (χ0v) is 74.6. The lowest BCUT2D eigenvalue weighted by molar-refractivity contribution is 0.768. The van der Waals surface area contributed by atoms with Gasteiger partial charge in [-0.25, -0.2) is 29.9 Å². The maximum Gasteiger partial charge on any atom is 0.160 e. The van der Waals surface area contributed by atoms with Crippen LogP contribution >= 0.6 is 0 Å². The van der Waals surface area contributed by atoms with Gasteiger partial charge in [-0.1, -0.05) is 285 Å². The van der Waals surface area contributed by atoms with Crippen molar-refractivity contribution in [2.45, 2.75) is 5.41 Å². The maximum atomic E-state index is 5.19. The number of hydrogen-bond donors (Lipinski definition) is 0. The molecule has 0 amide bonds. The second kappa shape index (κ2) is 37.5. The molecule has 0 unspecified atom stereocenters. The van der Waals surface area contributed by atoms with E-state index in [0.717, 1.165) is 145 Å². The van der Waals surface area contributed by atoms with Crippen LogP contribution in [-0.2, 0) is 5.41 Å². The number of aromatic nitrogens is 14. The summed E-state index contributed by atoms with van der Waals surface area (Å²) < 4.78 is 2.28. The second-order valence-corrected chi connectivity index (χ2v) is 33.8. The van der Waals surface area contributed by atoms with Crippen molar-refractivity contribution in [3.8, 4) is 174 Å². The van der Waals surface area contributed by atoms with Gasteiger partial charge in [-0.2, -0.15) is 0 Å². The van der Waals surface area contributed by atoms with Gasteiger partial charge in [0, 0.05) is 153 Å². The molecule has 0 radical (unpaired) electrons. The van der Waals surface area contributed by atoms with Crippen LogP contribution in [0.15, 0.2) is 499 Å². The van der Waals surface area contributed by atoms with Crippen molar-refractivity contribution >= 4 is 32.6 Å². The molecule has 11 aromatic heterocycles. The lowest BCUT2D eigenvalue weighted by Gasteiger charge is -2.33. The molecule has 14 heteroatoms. The fraction of sp³-hybridized carbons (Fsp3) is 0.00806. The van der Waals surface area contributed by atoms with E-state index < -0.39 is 5.41 Å². The molecule has 0 N–H and O–H groups in total. The number of pyridine rings is 7. The molecular weight excluding hydrogens is 1690 g/mol. The smallest absolute Gasteiger partial charge is 0.160 e. The van der Waals surface area contributed by atoms with E-state index in [1.807, 2.05) is 116 Å². The third-order valence-corrected chi connectivity index (χ3v) is 25.6. The maximum absolute atomic E-state index is 5.19. The highest BCUT2D eigenvalue weighted by atomic mass is 15.0. The first-order chi connectivity index (χ1) is 68.4. The van der Waals surface area contributed by atoms with Crippen molar-refractivity contribution in [1.82, 2.24) is 69.4 Å². The summed E-state index contributed by atoms with van der Waals surface area (Å²) in [6.45, 7) is 0. The van der Waals surface area contributed by atoms with Gasteiger partial charge in [0.1, 0.15) is 0 Å². The predicted octanol–water partition coefficient (Wildman–Crippen LogP) is 29.1. The van der Waals surface area contributed by atoms with Crippen molar-refractivity contribution in [3.63, 3.8) is 0 Å². The predicted molar refractivity (Wildman–Crippen MR) is 556 cm³/mol. The average molecular weight is 1770 g/mol. The first-order valence-corrected chi connectivity index (χ1v) is 45.8. The van der Waals surface area contributed by atoms with E-state index in [1.165, 1.54) is 66.2 Å². The van der Waals surface area contributed by atoms with E-state index in [-0.39, 0.29) is 0 Å². The van der Waals surface area contributed by atoms with Crippen LogP contribution < -0.4 is 0 Å². The molecule has 648 valence electrons. The molecule has 0 saturated carbocycles. The Hall–Kier alpha value is -18.8. The van der Waals surface area contributed by atoms with E-state index in [4.69, 9.17) is 29.9 Å². The minimum atomic E-state index is -0.452. The standard InChI is InChI=1S/C45H30N4.C42H28N4.C37H24N6/c1-3-13-36(14-4-1)45(37-15-5-2-6-16-37)40-18-8-7-17-38(40)39-27-33(23-24-41(39)45)44-48-42(28-43(49-44)35-12-10-26-47-30-35)32-21-19-31(20-22-32)34-11-9-25-46-29-34;1-2-8-29(9-3-1)37-24-34-10-4-5-13-38(34)39(25-37)31-16-20-33(21-17-31)42-45-40(26-41(46-42)36-12-7-23-44-28-36)32-18-14-30(15-19-32)35-11-6-22-43-27-35;1-2-8-35-31(7-1)32-24-40-20-17-36(32)43(35)30-15-13-27(14-16-30)37-41-33(21-34(42-37)29-6-4-19-39-23-29)26-11-9-25(10-12-26)28-5-3-18-38-22-28/h1-30H;1-28H;1-24H. The number of para-hydroxylation sites is 1. The summed E-state index contributed by atoms with van der Waals surface area (Å²) in [5.74, 6) is 2.00. The highest BCUT2D eigenvalue weighted by molar-refractivity contribution is 6.09. The molecule has 0 saturated heterocycles. The van der Waals surface area contributed by atoms with Gasteiger partial charge >= 0.3 is 0 Å². The van der Waals surface area contributed by atoms with Crippen LogP contribution in [0.5, 0.6) is 0 Å². The van der Waals surface area contributed by atoms with Crippen LogP contribution in [0.1, 0.15) is 22.3 Å². The summed E-state index contributed by atoms with van der Waals surface area (Å²) in [4.78, 5) is 60.7. The first-order valence-electron chi connectivity index (χ1n) is 45.8. The van der Waals surface area contributed by atoms with Crippen molar-refractivity contribution < 1.29 is 0 Å². The summed E-state index contributed by atoms with van der Waals surface area (Å²) in [7, 11) is 0. The minimum Gasteiger partial charge on any atom is -0.309 e. The normalized spacial score (nSPS) is 11.7. The molecule has 14 nitrogen and oxygen atoms in total. The van der Waals surface area contributed by atoms with Gasteiger partial charge in [0.05, 0.1) is 50.6 Å². The fourth-order valence-electron chi connectivity index (χ4n) is 18.8. The minimum absolute atomic E-state index is 0.452. The topological polar surface area (TPSA) is 172 Å². The van der Waals surface area contributed by atoms with E-state index in [2.05, 4.69) is 385 Å². The van der Waals surface area contributed by atoms with E-state index in [0.29, 0.717) is 17.5 Å². The Morgan fingerprint density at radius 3 is 0.978 bits per heavy atom. The van der Waals surface area contributed by atoms with E-state index >= 15 is 0 Å². The molecule has 0 atom stereocenters. The molecular formula is C124H82N14. The van der Waals surface area contributed by atoms with Crippen molar-refractivity contribution in [2.24, 2.45) is 0 Å². The summed E-state index contributed by atoms with van der Waals surface area (Å²) >= 11 is 0. The van der Waals surface area contributed by atoms with Crippen molar-refractivity contribution in [3.05, 3.63) is 522 Å². The van der Waals surface area contributed by atoms with Gasteiger partial charge in [0.15, 0.2) is 17.5 Å². The number of fused-ring (bicyclic) bond motifs is 7. The third kappa shape index (κ3) is 16.7. The van der Waals surface area contributed by atoms with Gasteiger partial charge in [-0.3, -0.25) is 34.9 Å². The summed E-state index contributed by atoms with van der Waals surface area (Å²) in [6, 6.07) is 144. The van der Waals surface area contributed by atoms with Crippen LogP contribution in [-0.4, -0.2) is 69.4 Å². The lowest BCUT2D eigenvalue weighted by Crippen LogP contribution is -2.28. The highest BCUT2D eigenvalue weighted by Gasteiger charge is 2.46. The van der Waals surface area contributed by atoms with Crippen LogP contribution in [0.25, 0.3) is 207 Å². The average Bonchev–Trinajstić information content (AvgIpc) is 1.53. The quantitative estimate of drug-likeness (QED) is 0.0844. The molecule has 25 rings (SSSR count). The van der Waals surface area contributed by atoms with E-state index in [1.54, 1.807) is 37.2 Å². The Kier molecular flexibility index (Phi) is 22.7.